The topological polar surface area (TPSA) is 46.2 Å². The first-order valence-corrected chi connectivity index (χ1v) is 10.9. The lowest BCUT2D eigenvalue weighted by molar-refractivity contribution is 0.215. The molecule has 0 radical (unpaired) electrons. The molecule has 0 aromatic heterocycles. The van der Waals surface area contributed by atoms with Gasteiger partial charge in [0.15, 0.2) is 0 Å². The van der Waals surface area contributed by atoms with Gasteiger partial charge in [-0.2, -0.15) is 0 Å². The molecule has 0 amide bonds. The first kappa shape index (κ1) is 18.6. The predicted octanol–water partition coefficient (Wildman–Crippen LogP) is 4.73. The lowest BCUT2D eigenvalue weighted by Gasteiger charge is -2.33. The summed E-state index contributed by atoms with van der Waals surface area (Å²) in [7, 11) is -3.62. The number of nitrogens with one attached hydrogen (secondary N) is 1. The summed E-state index contributed by atoms with van der Waals surface area (Å²) in [5.41, 5.74) is 0.752. The van der Waals surface area contributed by atoms with Gasteiger partial charge in [0.05, 0.1) is 4.90 Å². The second-order valence-electron chi connectivity index (χ2n) is 7.89. The van der Waals surface area contributed by atoms with Crippen molar-refractivity contribution in [1.29, 1.82) is 0 Å². The third kappa shape index (κ3) is 3.65. The van der Waals surface area contributed by atoms with E-state index in [1.165, 1.54) is 37.1 Å². The molecule has 27 heavy (non-hydrogen) atoms. The van der Waals surface area contributed by atoms with E-state index in [0.29, 0.717) is 23.3 Å². The number of rotatable bonds is 4. The van der Waals surface area contributed by atoms with Gasteiger partial charge in [-0.15, -0.1) is 0 Å². The molecule has 3 nitrogen and oxygen atoms in total. The Morgan fingerprint density at radius 1 is 0.963 bits per heavy atom. The first-order valence-electron chi connectivity index (χ1n) is 9.41. The molecule has 2 saturated carbocycles. The van der Waals surface area contributed by atoms with Crippen LogP contribution >= 0.6 is 0 Å². The Hall–Kier alpha value is -1.79. The molecule has 144 valence electrons. The van der Waals surface area contributed by atoms with E-state index in [9.17, 15) is 17.2 Å². The predicted molar refractivity (Wildman–Crippen MR) is 101 cm³/mol. The van der Waals surface area contributed by atoms with Gasteiger partial charge in [0.1, 0.15) is 11.6 Å². The molecule has 6 heteroatoms. The second kappa shape index (κ2) is 6.99. The number of hydrogen-bond donors (Lipinski definition) is 1. The molecule has 0 saturated heterocycles. The molecule has 0 aliphatic heterocycles. The van der Waals surface area contributed by atoms with Gasteiger partial charge < -0.3 is 0 Å². The number of halogens is 2. The van der Waals surface area contributed by atoms with E-state index in [0.717, 1.165) is 18.9 Å². The molecule has 1 N–H and O–H groups in total. The van der Waals surface area contributed by atoms with E-state index in [1.54, 1.807) is 12.1 Å². The summed E-state index contributed by atoms with van der Waals surface area (Å²) in [5, 5.41) is 0. The van der Waals surface area contributed by atoms with Gasteiger partial charge in [0.2, 0.25) is 10.0 Å². The van der Waals surface area contributed by atoms with Crippen LogP contribution in [-0.4, -0.2) is 14.5 Å². The largest absolute Gasteiger partial charge is 0.240 e. The highest BCUT2D eigenvalue weighted by Gasteiger charge is 2.41. The van der Waals surface area contributed by atoms with Crippen LogP contribution in [0, 0.1) is 29.4 Å². The Morgan fingerprint density at radius 3 is 2.19 bits per heavy atom. The lowest BCUT2D eigenvalue weighted by atomic mass is 9.78. The smallest absolute Gasteiger partial charge is 0.208 e. The van der Waals surface area contributed by atoms with Crippen LogP contribution in [0.5, 0.6) is 0 Å². The average Bonchev–Trinajstić information content (AvgIpc) is 2.83. The molecular weight excluding hydrogens is 368 g/mol. The summed E-state index contributed by atoms with van der Waals surface area (Å²) in [6, 6.07) is 9.39. The summed E-state index contributed by atoms with van der Waals surface area (Å²) in [6.07, 6.45) is 4.19. The maximum atomic E-state index is 13.9. The maximum Gasteiger partial charge on any atom is 0.240 e. The highest BCUT2D eigenvalue weighted by molar-refractivity contribution is 7.89. The molecular formula is C21H23F2NO2S. The van der Waals surface area contributed by atoms with Gasteiger partial charge in [-0.05, 0) is 73.3 Å². The van der Waals surface area contributed by atoms with E-state index in [2.05, 4.69) is 11.6 Å². The minimum absolute atomic E-state index is 0.0158. The molecule has 2 atom stereocenters. The van der Waals surface area contributed by atoms with Gasteiger partial charge in [-0.1, -0.05) is 19.1 Å². The summed E-state index contributed by atoms with van der Waals surface area (Å²) >= 11 is 0. The van der Waals surface area contributed by atoms with Crippen LogP contribution in [-0.2, 0) is 10.0 Å². The minimum atomic E-state index is -3.62. The summed E-state index contributed by atoms with van der Waals surface area (Å²) in [6.45, 7) is 2.28. The molecule has 0 heterocycles. The van der Waals surface area contributed by atoms with Crippen LogP contribution in [0.25, 0.3) is 11.1 Å². The van der Waals surface area contributed by atoms with Crippen LogP contribution < -0.4 is 4.72 Å². The molecule has 2 aromatic rings. The zero-order valence-corrected chi connectivity index (χ0v) is 16.0. The van der Waals surface area contributed by atoms with Crippen LogP contribution in [0.1, 0.15) is 32.6 Å². The normalized spacial score (nSPS) is 27.7. The van der Waals surface area contributed by atoms with Crippen LogP contribution in [0.3, 0.4) is 0 Å². The van der Waals surface area contributed by atoms with Crippen LogP contribution in [0.15, 0.2) is 47.4 Å². The van der Waals surface area contributed by atoms with Crippen molar-refractivity contribution < 1.29 is 17.2 Å². The Kier molecular flexibility index (Phi) is 4.80. The lowest BCUT2D eigenvalue weighted by Crippen LogP contribution is -2.41. The van der Waals surface area contributed by atoms with Crippen molar-refractivity contribution in [2.75, 3.05) is 0 Å². The fourth-order valence-electron chi connectivity index (χ4n) is 4.75. The van der Waals surface area contributed by atoms with Gasteiger partial charge in [-0.3, -0.25) is 0 Å². The molecule has 4 rings (SSSR count). The van der Waals surface area contributed by atoms with Crippen molar-refractivity contribution in [3.8, 4) is 11.1 Å². The quantitative estimate of drug-likeness (QED) is 0.819. The second-order valence-corrected chi connectivity index (χ2v) is 9.61. The Morgan fingerprint density at radius 2 is 1.59 bits per heavy atom. The summed E-state index contributed by atoms with van der Waals surface area (Å²) < 4.78 is 55.3. The molecule has 2 aromatic carbocycles. The number of hydrogen-bond acceptors (Lipinski definition) is 2. The maximum absolute atomic E-state index is 13.9. The van der Waals surface area contributed by atoms with E-state index in [1.807, 2.05) is 0 Å². The van der Waals surface area contributed by atoms with Crippen molar-refractivity contribution in [1.82, 2.24) is 4.72 Å². The van der Waals surface area contributed by atoms with Crippen LogP contribution in [0.2, 0.25) is 0 Å². The minimum Gasteiger partial charge on any atom is -0.208 e. The van der Waals surface area contributed by atoms with Crippen molar-refractivity contribution in [3.05, 3.63) is 54.1 Å². The van der Waals surface area contributed by atoms with E-state index in [4.69, 9.17) is 0 Å². The molecule has 2 fully saturated rings. The summed E-state index contributed by atoms with van der Waals surface area (Å²) in [4.78, 5) is 0.166. The third-order valence-corrected chi connectivity index (χ3v) is 7.83. The van der Waals surface area contributed by atoms with Crippen molar-refractivity contribution >= 4 is 10.0 Å². The van der Waals surface area contributed by atoms with Crippen LogP contribution in [0.4, 0.5) is 8.78 Å². The first-order chi connectivity index (χ1) is 12.8. The number of sulfonamides is 1. The number of fused-ring (bicyclic) bond motifs is 2. The Labute approximate surface area is 158 Å². The van der Waals surface area contributed by atoms with E-state index < -0.39 is 21.7 Å². The van der Waals surface area contributed by atoms with Gasteiger partial charge in [0.25, 0.3) is 0 Å². The molecule has 2 unspecified atom stereocenters. The fraction of sp³-hybridized carbons (Fsp3) is 0.429. The average molecular weight is 391 g/mol. The Bertz CT molecular complexity index is 929. The Balaban J connectivity index is 1.51. The van der Waals surface area contributed by atoms with Crippen molar-refractivity contribution in [2.45, 2.75) is 43.5 Å². The SMILES string of the molecule is C[C@H]1C2CCC1C[C@@H](NS(=O)(=O)c1ccc(-c3ccc(F)cc3F)cc1)C2. The number of benzene rings is 2. The third-order valence-electron chi connectivity index (χ3n) is 6.30. The highest BCUT2D eigenvalue weighted by atomic mass is 32.2. The zero-order valence-electron chi connectivity index (χ0n) is 15.2. The molecule has 2 aliphatic carbocycles. The van der Waals surface area contributed by atoms with E-state index in [-0.39, 0.29) is 16.5 Å². The van der Waals surface area contributed by atoms with Gasteiger partial charge >= 0.3 is 0 Å². The monoisotopic (exact) mass is 391 g/mol. The molecule has 0 spiro atoms. The highest BCUT2D eigenvalue weighted by Crippen LogP contribution is 2.46. The zero-order chi connectivity index (χ0) is 19.2. The molecule has 2 aliphatic rings. The summed E-state index contributed by atoms with van der Waals surface area (Å²) in [5.74, 6) is 0.599. The van der Waals surface area contributed by atoms with Gasteiger partial charge in [0, 0.05) is 17.7 Å². The van der Waals surface area contributed by atoms with Crippen molar-refractivity contribution in [3.63, 3.8) is 0 Å². The standard InChI is InChI=1S/C21H23F2NO2S/c1-13-15-2-3-16(13)11-18(10-15)24-27(25,26)19-7-4-14(5-8-19)20-9-6-17(22)12-21(20)23/h4-9,12-13,15-16,18,24H,2-3,10-11H2,1H3/t13-,15?,16?,18-. The van der Waals surface area contributed by atoms with Crippen molar-refractivity contribution in [2.24, 2.45) is 17.8 Å². The fourth-order valence-corrected chi connectivity index (χ4v) is 6.01. The molecule has 2 bridgehead atoms. The van der Waals surface area contributed by atoms with Gasteiger partial charge in [-0.25, -0.2) is 21.9 Å². The van der Waals surface area contributed by atoms with E-state index >= 15 is 0 Å².